The monoisotopic (exact) mass is 252 g/mol. The Morgan fingerprint density at radius 1 is 1.33 bits per heavy atom. The number of benzene rings is 1. The highest BCUT2D eigenvalue weighted by molar-refractivity contribution is 5.30. The predicted molar refractivity (Wildman–Crippen MR) is 70.3 cm³/mol. The molecule has 18 heavy (non-hydrogen) atoms. The summed E-state index contributed by atoms with van der Waals surface area (Å²) in [6.07, 6.45) is 3.79. The summed E-state index contributed by atoms with van der Waals surface area (Å²) in [6, 6.07) is 5.76. The molecule has 0 atom stereocenters. The van der Waals surface area contributed by atoms with Crippen LogP contribution in [0.25, 0.3) is 0 Å². The average molecular weight is 252 g/mol. The van der Waals surface area contributed by atoms with E-state index >= 15 is 0 Å². The Bertz CT molecular complexity index is 380. The van der Waals surface area contributed by atoms with E-state index in [1.807, 2.05) is 0 Å². The molecule has 1 aromatic rings. The Kier molecular flexibility index (Phi) is 4.96. The first-order valence-corrected chi connectivity index (χ1v) is 6.56. The van der Waals surface area contributed by atoms with Crippen LogP contribution in [0.5, 0.6) is 5.75 Å². The Labute approximate surface area is 108 Å². The fourth-order valence-corrected chi connectivity index (χ4v) is 1.85. The number of hydrogen-bond acceptors (Lipinski definition) is 3. The van der Waals surface area contributed by atoms with Crippen LogP contribution in [0.3, 0.4) is 0 Å². The number of rotatable bonds is 8. The van der Waals surface area contributed by atoms with E-state index in [2.05, 4.69) is 10.6 Å². The normalized spacial score (nSPS) is 14.8. The molecule has 0 spiro atoms. The van der Waals surface area contributed by atoms with Gasteiger partial charge >= 0.3 is 0 Å². The molecule has 0 aromatic heterocycles. The number of halogens is 1. The van der Waals surface area contributed by atoms with Crippen molar-refractivity contribution in [2.75, 3.05) is 20.2 Å². The van der Waals surface area contributed by atoms with Crippen LogP contribution in [-0.2, 0) is 6.54 Å². The van der Waals surface area contributed by atoms with Crippen molar-refractivity contribution in [3.05, 3.63) is 29.6 Å². The molecule has 0 bridgehead atoms. The largest absolute Gasteiger partial charge is 0.494 e. The maximum atomic E-state index is 13.2. The van der Waals surface area contributed by atoms with Crippen LogP contribution in [0.4, 0.5) is 4.39 Å². The number of ether oxygens (including phenoxy) is 1. The van der Waals surface area contributed by atoms with Crippen molar-refractivity contribution in [3.8, 4) is 5.75 Å². The van der Waals surface area contributed by atoms with Gasteiger partial charge in [0, 0.05) is 12.6 Å². The lowest BCUT2D eigenvalue weighted by atomic mass is 10.2. The van der Waals surface area contributed by atoms with Crippen molar-refractivity contribution < 1.29 is 9.13 Å². The molecule has 1 aliphatic rings. The molecule has 0 radical (unpaired) electrons. The van der Waals surface area contributed by atoms with E-state index in [1.165, 1.54) is 26.0 Å². The average Bonchev–Trinajstić information content (AvgIpc) is 3.19. The quantitative estimate of drug-likeness (QED) is 0.695. The minimum Gasteiger partial charge on any atom is -0.494 e. The minimum atomic E-state index is -0.310. The van der Waals surface area contributed by atoms with E-state index in [4.69, 9.17) is 4.74 Å². The molecule has 4 heteroatoms. The first-order valence-electron chi connectivity index (χ1n) is 6.56. The zero-order valence-corrected chi connectivity index (χ0v) is 10.8. The number of nitrogens with one attached hydrogen (secondary N) is 2. The summed E-state index contributed by atoms with van der Waals surface area (Å²) in [5.41, 5.74) is 1.04. The molecule has 0 amide bonds. The third-order valence-corrected chi connectivity index (χ3v) is 3.09. The van der Waals surface area contributed by atoms with Crippen molar-refractivity contribution >= 4 is 0 Å². The summed E-state index contributed by atoms with van der Waals surface area (Å²) < 4.78 is 18.1. The molecule has 1 aromatic carbocycles. The van der Waals surface area contributed by atoms with Crippen LogP contribution >= 0.6 is 0 Å². The first kappa shape index (κ1) is 13.3. The molecular weight excluding hydrogens is 231 g/mol. The topological polar surface area (TPSA) is 33.3 Å². The molecule has 0 aliphatic heterocycles. The molecular formula is C14H21FN2O. The molecule has 1 fully saturated rings. The fourth-order valence-electron chi connectivity index (χ4n) is 1.85. The van der Waals surface area contributed by atoms with Crippen molar-refractivity contribution in [1.82, 2.24) is 10.6 Å². The van der Waals surface area contributed by atoms with Gasteiger partial charge < -0.3 is 15.4 Å². The van der Waals surface area contributed by atoms with E-state index in [0.29, 0.717) is 5.75 Å². The van der Waals surface area contributed by atoms with E-state index in [9.17, 15) is 4.39 Å². The summed E-state index contributed by atoms with van der Waals surface area (Å²) in [5, 5.41) is 6.82. The summed E-state index contributed by atoms with van der Waals surface area (Å²) in [6.45, 7) is 2.80. The van der Waals surface area contributed by atoms with Crippen molar-refractivity contribution in [3.63, 3.8) is 0 Å². The van der Waals surface area contributed by atoms with Gasteiger partial charge in [0.2, 0.25) is 0 Å². The Balaban J connectivity index is 1.62. The molecule has 0 heterocycles. The van der Waals surface area contributed by atoms with Crippen LogP contribution in [-0.4, -0.2) is 26.2 Å². The lowest BCUT2D eigenvalue weighted by molar-refractivity contribution is 0.385. The van der Waals surface area contributed by atoms with Gasteiger partial charge in [-0.2, -0.15) is 0 Å². The second kappa shape index (κ2) is 6.71. The Morgan fingerprint density at radius 2 is 2.17 bits per heavy atom. The van der Waals surface area contributed by atoms with Gasteiger partial charge in [0.25, 0.3) is 0 Å². The van der Waals surface area contributed by atoms with E-state index in [1.54, 1.807) is 12.1 Å². The molecule has 0 saturated heterocycles. The second-order valence-corrected chi connectivity index (χ2v) is 4.73. The molecule has 100 valence electrons. The molecule has 2 N–H and O–H groups in total. The standard InChI is InChI=1S/C14H21FN2O/c1-18-14-9-11(3-6-13(14)15)10-16-7-2-8-17-12-4-5-12/h3,6,9,12,16-17H,2,4-5,7-8,10H2,1H3. The lowest BCUT2D eigenvalue weighted by Gasteiger charge is -2.08. The van der Waals surface area contributed by atoms with Crippen LogP contribution in [0.15, 0.2) is 18.2 Å². The zero-order chi connectivity index (χ0) is 12.8. The van der Waals surface area contributed by atoms with E-state index in [-0.39, 0.29) is 5.82 Å². The maximum absolute atomic E-state index is 13.2. The third-order valence-electron chi connectivity index (χ3n) is 3.09. The zero-order valence-electron chi connectivity index (χ0n) is 10.8. The van der Waals surface area contributed by atoms with Crippen molar-refractivity contribution in [1.29, 1.82) is 0 Å². The maximum Gasteiger partial charge on any atom is 0.165 e. The highest BCUT2D eigenvalue weighted by atomic mass is 19.1. The molecule has 3 nitrogen and oxygen atoms in total. The fraction of sp³-hybridized carbons (Fsp3) is 0.571. The molecule has 2 rings (SSSR count). The molecule has 1 aliphatic carbocycles. The third kappa shape index (κ3) is 4.27. The number of hydrogen-bond donors (Lipinski definition) is 2. The van der Waals surface area contributed by atoms with E-state index < -0.39 is 0 Å². The van der Waals surface area contributed by atoms with Crippen molar-refractivity contribution in [2.24, 2.45) is 0 Å². The van der Waals surface area contributed by atoms with E-state index in [0.717, 1.165) is 37.7 Å². The van der Waals surface area contributed by atoms with Gasteiger partial charge in [0.15, 0.2) is 11.6 Å². The Hall–Kier alpha value is -1.13. The summed E-state index contributed by atoms with van der Waals surface area (Å²) in [5.74, 6) is -0.000386. The molecule has 0 unspecified atom stereocenters. The van der Waals surface area contributed by atoms with Crippen LogP contribution in [0.1, 0.15) is 24.8 Å². The van der Waals surface area contributed by atoms with Gasteiger partial charge in [-0.1, -0.05) is 6.07 Å². The minimum absolute atomic E-state index is 0.310. The van der Waals surface area contributed by atoms with Crippen molar-refractivity contribution in [2.45, 2.75) is 31.8 Å². The van der Waals surface area contributed by atoms with Gasteiger partial charge in [0.05, 0.1) is 7.11 Å². The SMILES string of the molecule is COc1cc(CNCCCNC2CC2)ccc1F. The first-order chi connectivity index (χ1) is 8.79. The Morgan fingerprint density at radius 3 is 2.89 bits per heavy atom. The second-order valence-electron chi connectivity index (χ2n) is 4.73. The highest BCUT2D eigenvalue weighted by Gasteiger charge is 2.19. The van der Waals surface area contributed by atoms with Gasteiger partial charge in [-0.3, -0.25) is 0 Å². The van der Waals surface area contributed by atoms with Crippen LogP contribution < -0.4 is 15.4 Å². The van der Waals surface area contributed by atoms with Gasteiger partial charge in [-0.05, 0) is 50.0 Å². The van der Waals surface area contributed by atoms with Crippen LogP contribution in [0, 0.1) is 5.82 Å². The van der Waals surface area contributed by atoms with Gasteiger partial charge in [0.1, 0.15) is 0 Å². The van der Waals surface area contributed by atoms with Crippen LogP contribution in [0.2, 0.25) is 0 Å². The summed E-state index contributed by atoms with van der Waals surface area (Å²) in [7, 11) is 1.49. The highest BCUT2D eigenvalue weighted by Crippen LogP contribution is 2.18. The molecule has 1 saturated carbocycles. The lowest BCUT2D eigenvalue weighted by Crippen LogP contribution is -2.23. The summed E-state index contributed by atoms with van der Waals surface area (Å²) in [4.78, 5) is 0. The number of methoxy groups -OCH3 is 1. The smallest absolute Gasteiger partial charge is 0.165 e. The predicted octanol–water partition coefficient (Wildman–Crippen LogP) is 2.07. The summed E-state index contributed by atoms with van der Waals surface area (Å²) >= 11 is 0. The van der Waals surface area contributed by atoms with Gasteiger partial charge in [-0.25, -0.2) is 4.39 Å². The van der Waals surface area contributed by atoms with Gasteiger partial charge in [-0.15, -0.1) is 0 Å².